The lowest BCUT2D eigenvalue weighted by Gasteiger charge is -2.34. The zero-order chi connectivity index (χ0) is 14.5. The molecule has 0 spiro atoms. The van der Waals surface area contributed by atoms with Gasteiger partial charge in [-0.15, -0.1) is 0 Å². The number of nitrogens with two attached hydrogens (primary N) is 1. The minimum Gasteiger partial charge on any atom is -0.396 e. The van der Waals surface area contributed by atoms with Gasteiger partial charge < -0.3 is 15.7 Å². The highest BCUT2D eigenvalue weighted by Crippen LogP contribution is 2.21. The number of amides is 1. The Morgan fingerprint density at radius 2 is 2.05 bits per heavy atom. The van der Waals surface area contributed by atoms with Crippen LogP contribution in [-0.2, 0) is 0 Å². The number of hydrogen-bond donors (Lipinski definition) is 3. The summed E-state index contributed by atoms with van der Waals surface area (Å²) in [7, 11) is 0. The number of rotatable bonds is 5. The molecule has 1 amide bonds. The van der Waals surface area contributed by atoms with Crippen LogP contribution in [0.4, 0.5) is 5.82 Å². The number of aromatic nitrogens is 2. The SMILES string of the molecule is Nc1n[nH]c(C(=O)N2CCN(CCCCO)CC2)c1Cl. The molecule has 2 rings (SSSR count). The van der Waals surface area contributed by atoms with Gasteiger partial charge in [-0.3, -0.25) is 14.8 Å². The summed E-state index contributed by atoms with van der Waals surface area (Å²) in [5.41, 5.74) is 5.79. The van der Waals surface area contributed by atoms with Crippen LogP contribution in [0, 0.1) is 0 Å². The number of carbonyl (C=O) groups is 1. The van der Waals surface area contributed by atoms with Gasteiger partial charge in [0.25, 0.3) is 5.91 Å². The van der Waals surface area contributed by atoms with Crippen LogP contribution in [-0.4, -0.2) is 70.3 Å². The summed E-state index contributed by atoms with van der Waals surface area (Å²) in [5.74, 6) is -0.00753. The molecule has 1 aliphatic heterocycles. The number of nitrogen functional groups attached to an aromatic ring is 1. The lowest BCUT2D eigenvalue weighted by Crippen LogP contribution is -2.49. The largest absolute Gasteiger partial charge is 0.396 e. The van der Waals surface area contributed by atoms with Crippen LogP contribution in [0.1, 0.15) is 23.3 Å². The molecule has 0 atom stereocenters. The molecule has 0 aliphatic carbocycles. The summed E-state index contributed by atoms with van der Waals surface area (Å²) in [6, 6.07) is 0. The molecular formula is C12H20ClN5O2. The molecule has 0 aromatic carbocycles. The normalized spacial score (nSPS) is 16.6. The lowest BCUT2D eigenvalue weighted by atomic mass is 10.2. The zero-order valence-electron chi connectivity index (χ0n) is 11.3. The Balaban J connectivity index is 1.84. The summed E-state index contributed by atoms with van der Waals surface area (Å²) in [4.78, 5) is 16.3. The first-order valence-electron chi connectivity index (χ1n) is 6.75. The van der Waals surface area contributed by atoms with Gasteiger partial charge >= 0.3 is 0 Å². The van der Waals surface area contributed by atoms with Gasteiger partial charge in [0.05, 0.1) is 0 Å². The summed E-state index contributed by atoms with van der Waals surface area (Å²) in [5, 5.41) is 15.3. The van der Waals surface area contributed by atoms with Gasteiger partial charge in [-0.25, -0.2) is 0 Å². The topological polar surface area (TPSA) is 98.5 Å². The van der Waals surface area contributed by atoms with E-state index in [0.717, 1.165) is 32.5 Å². The Morgan fingerprint density at radius 3 is 2.60 bits per heavy atom. The molecule has 1 aromatic rings. The third kappa shape index (κ3) is 3.41. The maximum absolute atomic E-state index is 12.3. The van der Waals surface area contributed by atoms with Crippen molar-refractivity contribution in [3.05, 3.63) is 10.7 Å². The van der Waals surface area contributed by atoms with Crippen molar-refractivity contribution in [2.45, 2.75) is 12.8 Å². The number of piperazine rings is 1. The molecule has 0 radical (unpaired) electrons. The van der Waals surface area contributed by atoms with Gasteiger partial charge in [-0.05, 0) is 19.4 Å². The van der Waals surface area contributed by atoms with Crippen molar-refractivity contribution >= 4 is 23.3 Å². The monoisotopic (exact) mass is 301 g/mol. The number of aromatic amines is 1. The van der Waals surface area contributed by atoms with E-state index < -0.39 is 0 Å². The molecule has 4 N–H and O–H groups in total. The van der Waals surface area contributed by atoms with Crippen LogP contribution in [0.3, 0.4) is 0 Å². The Kier molecular flexibility index (Phi) is 5.22. The third-order valence-corrected chi connectivity index (χ3v) is 3.87. The van der Waals surface area contributed by atoms with Crippen molar-refractivity contribution in [1.82, 2.24) is 20.0 Å². The molecular weight excluding hydrogens is 282 g/mol. The second-order valence-electron chi connectivity index (χ2n) is 4.86. The number of carbonyl (C=O) groups excluding carboxylic acids is 1. The Labute approximate surface area is 122 Å². The summed E-state index contributed by atoms with van der Waals surface area (Å²) < 4.78 is 0. The van der Waals surface area contributed by atoms with Crippen LogP contribution >= 0.6 is 11.6 Å². The Bertz CT molecular complexity index is 457. The molecule has 1 fully saturated rings. The van der Waals surface area contributed by atoms with Crippen LogP contribution < -0.4 is 5.73 Å². The quantitative estimate of drug-likeness (QED) is 0.674. The molecule has 8 heteroatoms. The zero-order valence-corrected chi connectivity index (χ0v) is 12.1. The van der Waals surface area contributed by atoms with Crippen LogP contribution in [0.2, 0.25) is 5.02 Å². The maximum Gasteiger partial charge on any atom is 0.273 e. The summed E-state index contributed by atoms with van der Waals surface area (Å²) >= 11 is 5.94. The predicted molar refractivity (Wildman–Crippen MR) is 76.7 cm³/mol. The number of nitrogens with zero attached hydrogens (tertiary/aromatic N) is 3. The minimum atomic E-state index is -0.158. The van der Waals surface area contributed by atoms with E-state index in [4.69, 9.17) is 22.4 Å². The number of H-pyrrole nitrogens is 1. The molecule has 1 aromatic heterocycles. The van der Waals surface area contributed by atoms with Crippen molar-refractivity contribution in [2.24, 2.45) is 0 Å². The summed E-state index contributed by atoms with van der Waals surface area (Å²) in [6.45, 7) is 4.18. The van der Waals surface area contributed by atoms with Crippen molar-refractivity contribution in [3.8, 4) is 0 Å². The first kappa shape index (κ1) is 15.1. The second kappa shape index (κ2) is 6.92. The highest BCUT2D eigenvalue weighted by atomic mass is 35.5. The first-order chi connectivity index (χ1) is 9.63. The van der Waals surface area contributed by atoms with Gasteiger partial charge in [0.15, 0.2) is 5.82 Å². The Morgan fingerprint density at radius 1 is 1.35 bits per heavy atom. The molecule has 2 heterocycles. The van der Waals surface area contributed by atoms with Crippen LogP contribution in [0.5, 0.6) is 0 Å². The number of unbranched alkanes of at least 4 members (excludes halogenated alkanes) is 1. The lowest BCUT2D eigenvalue weighted by molar-refractivity contribution is 0.0628. The highest BCUT2D eigenvalue weighted by Gasteiger charge is 2.25. The van der Waals surface area contributed by atoms with Gasteiger partial charge in [-0.1, -0.05) is 11.6 Å². The molecule has 112 valence electrons. The average Bonchev–Trinajstić information content (AvgIpc) is 2.79. The molecule has 1 saturated heterocycles. The predicted octanol–water partition coefficient (Wildman–Crippen LogP) is 0.176. The fraction of sp³-hybridized carbons (Fsp3) is 0.667. The fourth-order valence-electron chi connectivity index (χ4n) is 2.26. The number of nitrogens with one attached hydrogen (secondary N) is 1. The van der Waals surface area contributed by atoms with Gasteiger partial charge in [-0.2, -0.15) is 5.10 Å². The van der Waals surface area contributed by atoms with Gasteiger partial charge in [0.2, 0.25) is 0 Å². The molecule has 0 bridgehead atoms. The van der Waals surface area contributed by atoms with E-state index in [1.807, 2.05) is 0 Å². The van der Waals surface area contributed by atoms with Crippen molar-refractivity contribution in [2.75, 3.05) is 45.1 Å². The fourth-order valence-corrected chi connectivity index (χ4v) is 2.43. The van der Waals surface area contributed by atoms with Gasteiger partial charge in [0, 0.05) is 32.8 Å². The van der Waals surface area contributed by atoms with E-state index in [1.54, 1.807) is 4.90 Å². The average molecular weight is 302 g/mol. The van der Waals surface area contributed by atoms with E-state index in [2.05, 4.69) is 15.1 Å². The van der Waals surface area contributed by atoms with E-state index >= 15 is 0 Å². The van der Waals surface area contributed by atoms with E-state index in [0.29, 0.717) is 13.1 Å². The number of anilines is 1. The maximum atomic E-state index is 12.3. The second-order valence-corrected chi connectivity index (χ2v) is 5.24. The minimum absolute atomic E-state index is 0.151. The molecule has 20 heavy (non-hydrogen) atoms. The molecule has 7 nitrogen and oxygen atoms in total. The number of aliphatic hydroxyl groups excluding tert-OH is 1. The standard InChI is InChI=1S/C12H20ClN5O2/c13-9-10(15-16-11(9)14)12(20)18-6-4-17(5-7-18)3-1-2-8-19/h19H,1-8H2,(H3,14,15,16). The van der Waals surface area contributed by atoms with Crippen LogP contribution in [0.25, 0.3) is 0 Å². The van der Waals surface area contributed by atoms with E-state index in [1.165, 1.54) is 0 Å². The Hall–Kier alpha value is -1.31. The molecule has 1 aliphatic rings. The molecule has 0 saturated carbocycles. The van der Waals surface area contributed by atoms with Crippen molar-refractivity contribution < 1.29 is 9.90 Å². The van der Waals surface area contributed by atoms with Gasteiger partial charge in [0.1, 0.15) is 10.7 Å². The van der Waals surface area contributed by atoms with Crippen LogP contribution in [0.15, 0.2) is 0 Å². The van der Waals surface area contributed by atoms with E-state index in [9.17, 15) is 4.79 Å². The number of halogens is 1. The first-order valence-corrected chi connectivity index (χ1v) is 7.13. The van der Waals surface area contributed by atoms with E-state index in [-0.39, 0.29) is 29.0 Å². The smallest absolute Gasteiger partial charge is 0.273 e. The third-order valence-electron chi connectivity index (χ3n) is 3.49. The summed E-state index contributed by atoms with van der Waals surface area (Å²) in [6.07, 6.45) is 1.80. The van der Waals surface area contributed by atoms with Crippen molar-refractivity contribution in [1.29, 1.82) is 0 Å². The number of hydrogen-bond acceptors (Lipinski definition) is 5. The van der Waals surface area contributed by atoms with Crippen molar-refractivity contribution in [3.63, 3.8) is 0 Å². The number of aliphatic hydroxyl groups is 1. The highest BCUT2D eigenvalue weighted by molar-refractivity contribution is 6.35. The molecule has 0 unspecified atom stereocenters.